The Morgan fingerprint density at radius 1 is 1.44 bits per heavy atom. The van der Waals surface area contributed by atoms with E-state index in [1.165, 1.54) is 5.56 Å². The van der Waals surface area contributed by atoms with Crippen molar-refractivity contribution in [3.63, 3.8) is 0 Å². The maximum absolute atomic E-state index is 11.2. The molecule has 1 amide bonds. The molecule has 16 heavy (non-hydrogen) atoms. The molecule has 0 atom stereocenters. The highest BCUT2D eigenvalue weighted by molar-refractivity contribution is 5.94. The van der Waals surface area contributed by atoms with Gasteiger partial charge < -0.3 is 5.32 Å². The number of amides is 1. The van der Waals surface area contributed by atoms with E-state index in [4.69, 9.17) is 5.26 Å². The van der Waals surface area contributed by atoms with Crippen molar-refractivity contribution in [2.24, 2.45) is 0 Å². The fraction of sp³-hybridized carbons (Fsp3) is 0.231. The van der Waals surface area contributed by atoms with Crippen LogP contribution < -0.4 is 5.32 Å². The molecule has 3 nitrogen and oxygen atoms in total. The molecule has 1 aromatic rings. The highest BCUT2D eigenvalue weighted by Crippen LogP contribution is 2.23. The number of benzene rings is 1. The molecular weight excluding hydrogens is 200 g/mol. The Kier molecular flexibility index (Phi) is 3.02. The number of nitrogens with zero attached hydrogens (tertiary/aromatic N) is 1. The maximum atomic E-state index is 11.2. The lowest BCUT2D eigenvalue weighted by Gasteiger charge is -2.16. The second kappa shape index (κ2) is 4.63. The van der Waals surface area contributed by atoms with E-state index in [9.17, 15) is 4.79 Å². The number of rotatable bonds is 2. The highest BCUT2D eigenvalue weighted by atomic mass is 16.1. The number of anilines is 1. The summed E-state index contributed by atoms with van der Waals surface area (Å²) in [5.74, 6) is 0.0836. The Bertz CT molecular complexity index is 483. The first-order chi connectivity index (χ1) is 7.79. The molecule has 0 saturated heterocycles. The first-order valence-electron chi connectivity index (χ1n) is 5.26. The normalized spacial score (nSPS) is 14.3. The van der Waals surface area contributed by atoms with E-state index in [0.717, 1.165) is 17.7 Å². The lowest BCUT2D eigenvalue weighted by molar-refractivity contribution is -0.116. The summed E-state index contributed by atoms with van der Waals surface area (Å²) in [6.07, 6.45) is 5.54. The van der Waals surface area contributed by atoms with Crippen molar-refractivity contribution >= 4 is 17.7 Å². The molecule has 80 valence electrons. The fourth-order valence-corrected chi connectivity index (χ4v) is 1.75. The summed E-state index contributed by atoms with van der Waals surface area (Å²) in [6.45, 7) is 0. The van der Waals surface area contributed by atoms with Gasteiger partial charge in [-0.25, -0.2) is 0 Å². The van der Waals surface area contributed by atoms with Gasteiger partial charge in [0.2, 0.25) is 5.91 Å². The van der Waals surface area contributed by atoms with Gasteiger partial charge >= 0.3 is 0 Å². The number of hydrogen-bond acceptors (Lipinski definition) is 2. The van der Waals surface area contributed by atoms with Gasteiger partial charge in [0.1, 0.15) is 0 Å². The van der Waals surface area contributed by atoms with Crippen LogP contribution in [-0.4, -0.2) is 5.91 Å². The smallest absolute Gasteiger partial charge is 0.224 e. The second-order valence-electron chi connectivity index (χ2n) is 3.73. The van der Waals surface area contributed by atoms with Gasteiger partial charge in [-0.05, 0) is 29.7 Å². The second-order valence-corrected chi connectivity index (χ2v) is 3.73. The molecule has 1 heterocycles. The third-order valence-electron chi connectivity index (χ3n) is 2.54. The summed E-state index contributed by atoms with van der Waals surface area (Å²) in [5, 5.41) is 11.3. The molecule has 0 fully saturated rings. The molecule has 0 radical (unpaired) electrons. The van der Waals surface area contributed by atoms with Crippen molar-refractivity contribution in [3.8, 4) is 6.07 Å². The van der Waals surface area contributed by atoms with Crippen molar-refractivity contribution in [2.75, 3.05) is 5.32 Å². The Morgan fingerprint density at radius 2 is 2.31 bits per heavy atom. The van der Waals surface area contributed by atoms with Gasteiger partial charge in [0.25, 0.3) is 0 Å². The van der Waals surface area contributed by atoms with Gasteiger partial charge in [-0.3, -0.25) is 4.79 Å². The number of nitriles is 1. The Balaban J connectivity index is 2.20. The number of aryl methyl sites for hydroxylation is 1. The van der Waals surface area contributed by atoms with Crippen LogP contribution in [0.3, 0.4) is 0 Å². The van der Waals surface area contributed by atoms with Gasteiger partial charge in [-0.2, -0.15) is 5.26 Å². The monoisotopic (exact) mass is 212 g/mol. The number of hydrogen-bond donors (Lipinski definition) is 1. The van der Waals surface area contributed by atoms with E-state index in [0.29, 0.717) is 12.8 Å². The van der Waals surface area contributed by atoms with Crippen LogP contribution >= 0.6 is 0 Å². The predicted molar refractivity (Wildman–Crippen MR) is 62.7 cm³/mol. The molecule has 0 aromatic heterocycles. The number of fused-ring (bicyclic) bond motifs is 1. The minimum absolute atomic E-state index is 0.0836. The zero-order chi connectivity index (χ0) is 11.4. The highest BCUT2D eigenvalue weighted by Gasteiger charge is 2.13. The van der Waals surface area contributed by atoms with E-state index in [1.807, 2.05) is 24.3 Å². The van der Waals surface area contributed by atoms with Crippen LogP contribution in [0.4, 0.5) is 5.69 Å². The molecule has 0 aliphatic carbocycles. The first-order valence-corrected chi connectivity index (χ1v) is 5.26. The summed E-state index contributed by atoms with van der Waals surface area (Å²) < 4.78 is 0. The zero-order valence-corrected chi connectivity index (χ0v) is 8.86. The van der Waals surface area contributed by atoms with Crippen LogP contribution in [-0.2, 0) is 11.2 Å². The molecule has 3 heteroatoms. The van der Waals surface area contributed by atoms with Crippen LogP contribution in [0.2, 0.25) is 0 Å². The molecule has 2 rings (SSSR count). The topological polar surface area (TPSA) is 52.9 Å². The largest absolute Gasteiger partial charge is 0.326 e. The molecule has 1 N–H and O–H groups in total. The van der Waals surface area contributed by atoms with Crippen molar-refractivity contribution in [3.05, 3.63) is 35.4 Å². The van der Waals surface area contributed by atoms with E-state index < -0.39 is 0 Å². The van der Waals surface area contributed by atoms with Crippen LogP contribution in [0.1, 0.15) is 24.0 Å². The summed E-state index contributed by atoms with van der Waals surface area (Å²) in [4.78, 5) is 11.2. The van der Waals surface area contributed by atoms with Crippen molar-refractivity contribution < 1.29 is 4.79 Å². The molecule has 0 spiro atoms. The van der Waals surface area contributed by atoms with Crippen molar-refractivity contribution in [1.29, 1.82) is 5.26 Å². The van der Waals surface area contributed by atoms with Crippen molar-refractivity contribution in [2.45, 2.75) is 19.3 Å². The van der Waals surface area contributed by atoms with Crippen molar-refractivity contribution in [1.82, 2.24) is 0 Å². The lowest BCUT2D eigenvalue weighted by Crippen LogP contribution is -2.18. The van der Waals surface area contributed by atoms with E-state index in [2.05, 4.69) is 17.5 Å². The number of nitrogens with one attached hydrogen (secondary N) is 1. The SMILES string of the molecule is N#CCC=Cc1ccc2c(c1)CCC(=O)N2. The summed E-state index contributed by atoms with van der Waals surface area (Å²) in [5.41, 5.74) is 3.15. The van der Waals surface area contributed by atoms with Crippen LogP contribution in [0, 0.1) is 11.3 Å². The quantitative estimate of drug-likeness (QED) is 0.818. The number of allylic oxidation sites excluding steroid dienone is 1. The number of carbonyl (C=O) groups excluding carboxylic acids is 1. The zero-order valence-electron chi connectivity index (χ0n) is 8.86. The average Bonchev–Trinajstić information content (AvgIpc) is 2.29. The standard InChI is InChI=1S/C13H12N2O/c14-8-2-1-3-10-4-6-12-11(9-10)5-7-13(16)15-12/h1,3-4,6,9H,2,5,7H2,(H,15,16). The Labute approximate surface area is 94.4 Å². The molecule has 1 aliphatic heterocycles. The minimum atomic E-state index is 0.0836. The van der Waals surface area contributed by atoms with E-state index >= 15 is 0 Å². The fourth-order valence-electron chi connectivity index (χ4n) is 1.75. The lowest BCUT2D eigenvalue weighted by atomic mass is 10.0. The Hall–Kier alpha value is -2.08. The average molecular weight is 212 g/mol. The van der Waals surface area contributed by atoms with Gasteiger partial charge in [0.05, 0.1) is 12.5 Å². The minimum Gasteiger partial charge on any atom is -0.326 e. The third-order valence-corrected chi connectivity index (χ3v) is 2.54. The van der Waals surface area contributed by atoms with Gasteiger partial charge in [0, 0.05) is 12.1 Å². The first kappa shape index (κ1) is 10.4. The van der Waals surface area contributed by atoms with Gasteiger partial charge in [0.15, 0.2) is 0 Å². The molecular formula is C13H12N2O. The van der Waals surface area contributed by atoms with Gasteiger partial charge in [-0.1, -0.05) is 18.2 Å². The predicted octanol–water partition coefficient (Wildman–Crippen LogP) is 2.50. The molecule has 0 unspecified atom stereocenters. The van der Waals surface area contributed by atoms with Crippen LogP contribution in [0.5, 0.6) is 0 Å². The molecule has 0 saturated carbocycles. The summed E-state index contributed by atoms with van der Waals surface area (Å²) in [6, 6.07) is 7.98. The number of carbonyl (C=O) groups is 1. The molecule has 0 bridgehead atoms. The summed E-state index contributed by atoms with van der Waals surface area (Å²) >= 11 is 0. The molecule has 1 aliphatic rings. The van der Waals surface area contributed by atoms with Crippen LogP contribution in [0.25, 0.3) is 6.08 Å². The Morgan fingerprint density at radius 3 is 3.12 bits per heavy atom. The van der Waals surface area contributed by atoms with Gasteiger partial charge in [-0.15, -0.1) is 0 Å². The maximum Gasteiger partial charge on any atom is 0.224 e. The third kappa shape index (κ3) is 2.29. The summed E-state index contributed by atoms with van der Waals surface area (Å²) in [7, 11) is 0. The molecule has 1 aromatic carbocycles. The van der Waals surface area contributed by atoms with E-state index in [1.54, 1.807) is 0 Å². The van der Waals surface area contributed by atoms with E-state index in [-0.39, 0.29) is 5.91 Å². The van der Waals surface area contributed by atoms with Crippen LogP contribution in [0.15, 0.2) is 24.3 Å².